The first-order valence-corrected chi connectivity index (χ1v) is 39.8. The minimum absolute atomic E-state index is 0.0298. The van der Waals surface area contributed by atoms with Crippen molar-refractivity contribution < 1.29 is 42.1 Å². The molecule has 0 aromatic rings. The average Bonchev–Trinajstić information content (AvgIpc) is 2.23. The van der Waals surface area contributed by atoms with Crippen molar-refractivity contribution in [3.8, 4) is 0 Å². The van der Waals surface area contributed by atoms with E-state index in [4.69, 9.17) is 18.5 Å². The zero-order chi connectivity index (χ0) is 66.9. The lowest BCUT2D eigenvalue weighted by Crippen LogP contribution is -2.37. The lowest BCUT2D eigenvalue weighted by atomic mass is 10.0. The smallest absolute Gasteiger partial charge is 0.462 e. The molecule has 0 aliphatic rings. The van der Waals surface area contributed by atoms with Gasteiger partial charge in [0.25, 0.3) is 0 Å². The Labute approximate surface area is 568 Å². The summed E-state index contributed by atoms with van der Waals surface area (Å²) in [4.78, 5) is 35.9. The number of carbonyl (C=O) groups is 2. The van der Waals surface area contributed by atoms with Gasteiger partial charge in [-0.15, -0.1) is 0 Å². The Bertz CT molecular complexity index is 1970. The van der Waals surface area contributed by atoms with E-state index in [1.165, 1.54) is 205 Å². The molecule has 0 amide bonds. The van der Waals surface area contributed by atoms with Crippen LogP contribution in [0.25, 0.3) is 0 Å². The number of nitrogens with zero attached hydrogens (tertiary/aromatic N) is 1. The van der Waals surface area contributed by atoms with Crippen LogP contribution in [0.3, 0.4) is 0 Å². The summed E-state index contributed by atoms with van der Waals surface area (Å²) in [5, 5.41) is 0. The molecule has 0 aliphatic heterocycles. The number of likely N-dealkylation sites (N-methyl/N-ethyl adjacent to an activating group) is 1. The second kappa shape index (κ2) is 71.7. The maximum Gasteiger partial charge on any atom is 0.472 e. The minimum Gasteiger partial charge on any atom is -0.462 e. The third-order valence-electron chi connectivity index (χ3n) is 16.5. The zero-order valence-electron chi connectivity index (χ0n) is 60.5. The number of carbonyl (C=O) groups excluding carboxylic acids is 2. The molecule has 9 nitrogen and oxygen atoms in total. The molecule has 0 fully saturated rings. The second-order valence-corrected chi connectivity index (χ2v) is 28.1. The number of allylic oxidation sites excluding steroid dienone is 20. The van der Waals surface area contributed by atoms with Crippen molar-refractivity contribution in [2.24, 2.45) is 0 Å². The van der Waals surface area contributed by atoms with Crippen LogP contribution in [0, 0.1) is 0 Å². The Morgan fingerprint density at radius 1 is 0.337 bits per heavy atom. The number of quaternary nitrogens is 1. The lowest BCUT2D eigenvalue weighted by Gasteiger charge is -2.24. The molecule has 0 spiro atoms. The molecule has 0 aromatic heterocycles. The van der Waals surface area contributed by atoms with Crippen molar-refractivity contribution >= 4 is 19.8 Å². The summed E-state index contributed by atoms with van der Waals surface area (Å²) in [7, 11) is 1.48. The third kappa shape index (κ3) is 75.4. The minimum atomic E-state index is -4.40. The molecule has 1 N–H and O–H groups in total. The molecule has 92 heavy (non-hydrogen) atoms. The normalized spacial score (nSPS) is 13.8. The van der Waals surface area contributed by atoms with Gasteiger partial charge in [0.05, 0.1) is 27.7 Å². The molecule has 0 bridgehead atoms. The van der Waals surface area contributed by atoms with E-state index in [-0.39, 0.29) is 32.0 Å². The number of esters is 2. The predicted octanol–water partition coefficient (Wildman–Crippen LogP) is 25.4. The molecule has 0 heterocycles. The Balaban J connectivity index is 3.95. The van der Waals surface area contributed by atoms with E-state index < -0.39 is 26.5 Å². The summed E-state index contributed by atoms with van der Waals surface area (Å²) < 4.78 is 34.8. The van der Waals surface area contributed by atoms with Crippen molar-refractivity contribution in [3.05, 3.63) is 122 Å². The van der Waals surface area contributed by atoms with Crippen LogP contribution in [0.15, 0.2) is 122 Å². The summed E-state index contributed by atoms with van der Waals surface area (Å²) in [6.07, 6.45) is 103. The summed E-state index contributed by atoms with van der Waals surface area (Å²) in [5.41, 5.74) is 0. The van der Waals surface area contributed by atoms with Crippen molar-refractivity contribution in [2.75, 3.05) is 47.5 Å². The average molecular weight is 1300 g/mol. The molecule has 0 rings (SSSR count). The Morgan fingerprint density at radius 3 is 0.870 bits per heavy atom. The number of unbranched alkanes of at least 4 members (excludes halogenated alkanes) is 36. The topological polar surface area (TPSA) is 108 Å². The van der Waals surface area contributed by atoms with Gasteiger partial charge in [0.15, 0.2) is 6.10 Å². The van der Waals surface area contributed by atoms with E-state index in [9.17, 15) is 19.0 Å². The van der Waals surface area contributed by atoms with Gasteiger partial charge in [0.2, 0.25) is 0 Å². The first-order chi connectivity index (χ1) is 45.0. The molecule has 2 unspecified atom stereocenters. The van der Waals surface area contributed by atoms with Crippen LogP contribution in [0.5, 0.6) is 0 Å². The molecule has 10 heteroatoms. The van der Waals surface area contributed by atoms with Crippen LogP contribution in [-0.2, 0) is 32.7 Å². The molecular weight excluding hydrogens is 1160 g/mol. The van der Waals surface area contributed by atoms with Gasteiger partial charge in [0.1, 0.15) is 19.8 Å². The summed E-state index contributed by atoms with van der Waals surface area (Å²) in [6, 6.07) is 0. The van der Waals surface area contributed by atoms with Gasteiger partial charge in [-0.2, -0.15) is 0 Å². The van der Waals surface area contributed by atoms with Crippen LogP contribution in [0.1, 0.15) is 335 Å². The molecule has 0 saturated carbocycles. The molecular formula is C82H145NO8P+. The zero-order valence-corrected chi connectivity index (χ0v) is 61.4. The lowest BCUT2D eigenvalue weighted by molar-refractivity contribution is -0.870. The maximum absolute atomic E-state index is 12.9. The number of ether oxygens (including phenoxy) is 2. The van der Waals surface area contributed by atoms with Crippen LogP contribution in [0.2, 0.25) is 0 Å². The van der Waals surface area contributed by atoms with Gasteiger partial charge in [-0.3, -0.25) is 18.6 Å². The third-order valence-corrected chi connectivity index (χ3v) is 17.5. The van der Waals surface area contributed by atoms with Crippen molar-refractivity contribution in [2.45, 2.75) is 341 Å². The van der Waals surface area contributed by atoms with E-state index >= 15 is 0 Å². The van der Waals surface area contributed by atoms with Crippen molar-refractivity contribution in [3.63, 3.8) is 0 Å². The number of hydrogen-bond acceptors (Lipinski definition) is 7. The maximum atomic E-state index is 12.9. The Kier molecular flexibility index (Phi) is 68.9. The molecule has 2 atom stereocenters. The van der Waals surface area contributed by atoms with Crippen LogP contribution in [0.4, 0.5) is 0 Å². The highest BCUT2D eigenvalue weighted by atomic mass is 31.2. The van der Waals surface area contributed by atoms with Gasteiger partial charge in [-0.05, 0) is 103 Å². The SMILES string of the molecule is CC/C=C\C/C=C\C/C=C\C/C=C\C/C=C\C/C=C\CCCCCCCCCCCCCCCCCCCCCCCCC(=O)OC(COC(=O)CCCCCCCCCCCCCCCC/C=C\C/C=C\C/C=C\C/C=C\CC)COP(=O)(O)OCC[N+](C)(C)C. The fraction of sp³-hybridized carbons (Fsp3) is 0.732. The number of phosphoric acid groups is 1. The van der Waals surface area contributed by atoms with Gasteiger partial charge in [-0.1, -0.05) is 341 Å². The number of hydrogen-bond donors (Lipinski definition) is 1. The van der Waals surface area contributed by atoms with E-state index in [2.05, 4.69) is 135 Å². The molecule has 0 saturated heterocycles. The molecule has 0 aliphatic carbocycles. The monoisotopic (exact) mass is 1300 g/mol. The predicted molar refractivity (Wildman–Crippen MR) is 399 cm³/mol. The van der Waals surface area contributed by atoms with Gasteiger partial charge < -0.3 is 18.9 Å². The summed E-state index contributed by atoms with van der Waals surface area (Å²) >= 11 is 0. The number of rotatable bonds is 70. The largest absolute Gasteiger partial charge is 0.472 e. The number of phosphoric ester groups is 1. The molecule has 0 aromatic carbocycles. The second-order valence-electron chi connectivity index (χ2n) is 26.6. The molecule has 0 radical (unpaired) electrons. The highest BCUT2D eigenvalue weighted by Gasteiger charge is 2.27. The Morgan fingerprint density at radius 2 is 0.587 bits per heavy atom. The summed E-state index contributed by atoms with van der Waals surface area (Å²) in [5.74, 6) is -0.787. The van der Waals surface area contributed by atoms with Gasteiger partial charge in [-0.25, -0.2) is 4.57 Å². The Hall–Kier alpha value is -3.59. The first kappa shape index (κ1) is 88.4. The van der Waals surface area contributed by atoms with E-state index in [0.29, 0.717) is 17.4 Å². The standard InChI is InChI=1S/C82H144NO8P/c1-6-8-10-12-14-16-18-20-22-24-26-28-30-32-34-35-36-37-38-39-40-41-42-43-44-45-46-47-49-51-53-55-57-59-61-63-65-67-69-71-73-75-82(85)91-80(79-90-92(86,87)89-77-76-83(3,4)5)78-88-81(84)74-72-70-68-66-64-62-60-58-56-54-52-50-48-33-31-29-27-25-23-21-19-17-15-13-11-9-7-2/h8-11,14-17,20-23,26-29,32,34,36-37,80H,6-7,12-13,18-19,24-25,30-31,33,35,38-79H2,1-5H3/p+1/b10-8-,11-9-,16-14-,17-15-,22-20-,23-21-,28-26-,29-27-,34-32-,37-36-. The quantitative estimate of drug-likeness (QED) is 0.0211. The fourth-order valence-corrected chi connectivity index (χ4v) is 11.5. The first-order valence-electron chi connectivity index (χ1n) is 38.3. The van der Waals surface area contributed by atoms with E-state index in [1.807, 2.05) is 21.1 Å². The summed E-state index contributed by atoms with van der Waals surface area (Å²) in [6.45, 7) is 4.24. The van der Waals surface area contributed by atoms with Crippen molar-refractivity contribution in [1.29, 1.82) is 0 Å². The van der Waals surface area contributed by atoms with Gasteiger partial charge in [0, 0.05) is 12.8 Å². The molecule has 530 valence electrons. The van der Waals surface area contributed by atoms with Crippen LogP contribution < -0.4 is 0 Å². The fourth-order valence-electron chi connectivity index (χ4n) is 10.7. The highest BCUT2D eigenvalue weighted by Crippen LogP contribution is 2.43. The van der Waals surface area contributed by atoms with Crippen LogP contribution >= 0.6 is 7.82 Å². The van der Waals surface area contributed by atoms with E-state index in [0.717, 1.165) is 96.3 Å². The van der Waals surface area contributed by atoms with Gasteiger partial charge >= 0.3 is 19.8 Å². The highest BCUT2D eigenvalue weighted by molar-refractivity contribution is 7.47. The van der Waals surface area contributed by atoms with E-state index in [1.54, 1.807) is 0 Å². The van der Waals surface area contributed by atoms with Crippen molar-refractivity contribution in [1.82, 2.24) is 0 Å². The van der Waals surface area contributed by atoms with Crippen LogP contribution in [-0.4, -0.2) is 74.9 Å².